The zero-order valence-electron chi connectivity index (χ0n) is 11.4. The van der Waals surface area contributed by atoms with Crippen LogP contribution in [0.25, 0.3) is 0 Å². The molecule has 1 amide bonds. The lowest BCUT2D eigenvalue weighted by Crippen LogP contribution is -2.42. The molecule has 4 nitrogen and oxygen atoms in total. The Labute approximate surface area is 119 Å². The van der Waals surface area contributed by atoms with Crippen LogP contribution < -0.4 is 4.90 Å². The molecule has 1 aromatic rings. The largest absolute Gasteiger partial charge is 0.312 e. The van der Waals surface area contributed by atoms with E-state index in [9.17, 15) is 13.2 Å². The number of amides is 1. The van der Waals surface area contributed by atoms with E-state index in [4.69, 9.17) is 0 Å². The highest BCUT2D eigenvalue weighted by molar-refractivity contribution is 7.91. The third-order valence-electron chi connectivity index (χ3n) is 4.28. The van der Waals surface area contributed by atoms with Crippen LogP contribution in [-0.2, 0) is 21.1 Å². The molecule has 1 saturated heterocycles. The van der Waals surface area contributed by atoms with Gasteiger partial charge in [-0.15, -0.1) is 0 Å². The lowest BCUT2D eigenvalue weighted by molar-refractivity contribution is -0.122. The van der Waals surface area contributed by atoms with Crippen LogP contribution >= 0.6 is 0 Å². The zero-order valence-corrected chi connectivity index (χ0v) is 12.2. The smallest absolute Gasteiger partial charge is 0.230 e. The van der Waals surface area contributed by atoms with Crippen molar-refractivity contribution in [1.29, 1.82) is 0 Å². The van der Waals surface area contributed by atoms with Gasteiger partial charge in [0.25, 0.3) is 0 Å². The van der Waals surface area contributed by atoms with Gasteiger partial charge in [-0.2, -0.15) is 0 Å². The quantitative estimate of drug-likeness (QED) is 0.793. The Kier molecular flexibility index (Phi) is 3.54. The molecule has 0 radical (unpaired) electrons. The molecule has 0 aliphatic carbocycles. The molecule has 0 atom stereocenters. The number of nitrogens with zero attached hydrogens (tertiary/aromatic N) is 1. The van der Waals surface area contributed by atoms with Gasteiger partial charge in [0, 0.05) is 18.2 Å². The van der Waals surface area contributed by atoms with Crippen LogP contribution in [0.4, 0.5) is 5.69 Å². The Balaban J connectivity index is 1.79. The molecular weight excluding hydrogens is 274 g/mol. The van der Waals surface area contributed by atoms with Crippen molar-refractivity contribution in [2.24, 2.45) is 5.92 Å². The monoisotopic (exact) mass is 293 g/mol. The van der Waals surface area contributed by atoms with Gasteiger partial charge in [-0.3, -0.25) is 4.79 Å². The molecule has 0 unspecified atom stereocenters. The minimum atomic E-state index is -2.91. The van der Waals surface area contributed by atoms with Gasteiger partial charge in [-0.1, -0.05) is 18.2 Å². The van der Waals surface area contributed by atoms with E-state index in [1.807, 2.05) is 23.1 Å². The van der Waals surface area contributed by atoms with Gasteiger partial charge in [-0.05, 0) is 37.3 Å². The standard InChI is InChI=1S/C15H19NO3S/c17-15(13-7-10-20(18,19)11-8-13)16-9-3-5-12-4-1-2-6-14(12)16/h1-2,4,6,13H,3,5,7-11H2. The normalized spacial score (nSPS) is 22.3. The summed E-state index contributed by atoms with van der Waals surface area (Å²) < 4.78 is 22.9. The van der Waals surface area contributed by atoms with Crippen LogP contribution in [0, 0.1) is 5.92 Å². The predicted octanol–water partition coefficient (Wildman–Crippen LogP) is 1.79. The van der Waals surface area contributed by atoms with E-state index in [-0.39, 0.29) is 23.3 Å². The minimum absolute atomic E-state index is 0.104. The Morgan fingerprint density at radius 2 is 1.85 bits per heavy atom. The molecule has 1 fully saturated rings. The highest BCUT2D eigenvalue weighted by Crippen LogP contribution is 2.30. The van der Waals surface area contributed by atoms with Crippen LogP contribution in [0.1, 0.15) is 24.8 Å². The molecule has 20 heavy (non-hydrogen) atoms. The maximum atomic E-state index is 12.7. The maximum Gasteiger partial charge on any atom is 0.230 e. The Hall–Kier alpha value is -1.36. The van der Waals surface area contributed by atoms with Gasteiger partial charge in [-0.25, -0.2) is 8.42 Å². The summed E-state index contributed by atoms with van der Waals surface area (Å²) in [6.45, 7) is 0.749. The maximum absolute atomic E-state index is 12.7. The Morgan fingerprint density at radius 1 is 1.15 bits per heavy atom. The van der Waals surface area contributed by atoms with Crippen molar-refractivity contribution in [1.82, 2.24) is 0 Å². The van der Waals surface area contributed by atoms with Gasteiger partial charge in [0.2, 0.25) is 5.91 Å². The van der Waals surface area contributed by atoms with E-state index in [0.29, 0.717) is 12.8 Å². The van der Waals surface area contributed by atoms with Crippen molar-refractivity contribution in [3.05, 3.63) is 29.8 Å². The first-order valence-corrected chi connectivity index (χ1v) is 8.99. The van der Waals surface area contributed by atoms with E-state index in [1.54, 1.807) is 0 Å². The van der Waals surface area contributed by atoms with Crippen LogP contribution in [-0.4, -0.2) is 32.4 Å². The number of aryl methyl sites for hydroxylation is 1. The fourth-order valence-electron chi connectivity index (χ4n) is 3.12. The molecule has 2 aliphatic heterocycles. The summed E-state index contributed by atoms with van der Waals surface area (Å²) in [5.74, 6) is 0.273. The minimum Gasteiger partial charge on any atom is -0.312 e. The fourth-order valence-corrected chi connectivity index (χ4v) is 4.61. The average Bonchev–Trinajstić information content (AvgIpc) is 2.46. The molecule has 0 saturated carbocycles. The third-order valence-corrected chi connectivity index (χ3v) is 6.00. The van der Waals surface area contributed by atoms with Crippen molar-refractivity contribution in [3.63, 3.8) is 0 Å². The summed E-state index contributed by atoms with van der Waals surface area (Å²) in [6, 6.07) is 8.02. The molecule has 3 rings (SSSR count). The number of carbonyl (C=O) groups is 1. The van der Waals surface area contributed by atoms with Crippen LogP contribution in [0.2, 0.25) is 0 Å². The predicted molar refractivity (Wildman–Crippen MR) is 78.5 cm³/mol. The van der Waals surface area contributed by atoms with Crippen molar-refractivity contribution in [3.8, 4) is 0 Å². The van der Waals surface area contributed by atoms with Gasteiger partial charge in [0.1, 0.15) is 9.84 Å². The molecule has 0 N–H and O–H groups in total. The number of fused-ring (bicyclic) bond motifs is 1. The highest BCUT2D eigenvalue weighted by atomic mass is 32.2. The van der Waals surface area contributed by atoms with Crippen LogP contribution in [0.3, 0.4) is 0 Å². The summed E-state index contributed by atoms with van der Waals surface area (Å²) >= 11 is 0. The van der Waals surface area contributed by atoms with Gasteiger partial charge >= 0.3 is 0 Å². The van der Waals surface area contributed by atoms with Crippen molar-refractivity contribution >= 4 is 21.4 Å². The number of hydrogen-bond donors (Lipinski definition) is 0. The zero-order chi connectivity index (χ0) is 14.2. The van der Waals surface area contributed by atoms with E-state index < -0.39 is 9.84 Å². The summed E-state index contributed by atoms with van der Waals surface area (Å²) in [5, 5.41) is 0. The number of anilines is 1. The first kappa shape index (κ1) is 13.6. The van der Waals surface area contributed by atoms with E-state index in [1.165, 1.54) is 5.56 Å². The topological polar surface area (TPSA) is 54.5 Å². The second-order valence-electron chi connectivity index (χ2n) is 5.65. The average molecular weight is 293 g/mol. The van der Waals surface area contributed by atoms with Gasteiger partial charge < -0.3 is 4.90 Å². The summed E-state index contributed by atoms with van der Waals surface area (Å²) in [6.07, 6.45) is 2.94. The molecule has 2 aliphatic rings. The second-order valence-corrected chi connectivity index (χ2v) is 7.95. The van der Waals surface area contributed by atoms with Crippen molar-refractivity contribution < 1.29 is 13.2 Å². The van der Waals surface area contributed by atoms with Gasteiger partial charge in [0.15, 0.2) is 0 Å². The van der Waals surface area contributed by atoms with E-state index in [2.05, 4.69) is 6.07 Å². The lowest BCUT2D eigenvalue weighted by atomic mass is 9.96. The Morgan fingerprint density at radius 3 is 2.60 bits per heavy atom. The van der Waals surface area contributed by atoms with Crippen molar-refractivity contribution in [2.45, 2.75) is 25.7 Å². The molecule has 0 aromatic heterocycles. The number of hydrogen-bond acceptors (Lipinski definition) is 3. The third kappa shape index (κ3) is 2.59. The molecule has 2 heterocycles. The molecule has 0 bridgehead atoms. The number of sulfone groups is 1. The highest BCUT2D eigenvalue weighted by Gasteiger charge is 2.33. The first-order chi connectivity index (χ1) is 9.57. The summed E-state index contributed by atoms with van der Waals surface area (Å²) in [5.41, 5.74) is 2.23. The first-order valence-electron chi connectivity index (χ1n) is 7.16. The molecule has 108 valence electrons. The SMILES string of the molecule is O=C(C1CCS(=O)(=O)CC1)N1CCCc2ccccc21. The van der Waals surface area contributed by atoms with Crippen LogP contribution in [0.5, 0.6) is 0 Å². The van der Waals surface area contributed by atoms with E-state index >= 15 is 0 Å². The molecule has 5 heteroatoms. The summed E-state index contributed by atoms with van der Waals surface area (Å²) in [4.78, 5) is 14.5. The van der Waals surface area contributed by atoms with Crippen LogP contribution in [0.15, 0.2) is 24.3 Å². The second kappa shape index (κ2) is 5.20. The van der Waals surface area contributed by atoms with Gasteiger partial charge in [0.05, 0.1) is 11.5 Å². The number of para-hydroxylation sites is 1. The molecular formula is C15H19NO3S. The summed E-state index contributed by atoms with van der Waals surface area (Å²) in [7, 11) is -2.91. The van der Waals surface area contributed by atoms with E-state index in [0.717, 1.165) is 25.1 Å². The fraction of sp³-hybridized carbons (Fsp3) is 0.533. The number of carbonyl (C=O) groups excluding carboxylic acids is 1. The Bertz CT molecular complexity index is 610. The molecule has 1 aromatic carbocycles. The number of rotatable bonds is 1. The lowest BCUT2D eigenvalue weighted by Gasteiger charge is -2.33. The molecule has 0 spiro atoms. The van der Waals surface area contributed by atoms with Crippen molar-refractivity contribution in [2.75, 3.05) is 23.0 Å². The number of benzene rings is 1.